The Labute approximate surface area is 122 Å². The number of aryl methyl sites for hydroxylation is 3. The van der Waals surface area contributed by atoms with E-state index in [1.54, 1.807) is 0 Å². The van der Waals surface area contributed by atoms with Crippen LogP contribution in [0.5, 0.6) is 0 Å². The van der Waals surface area contributed by atoms with Gasteiger partial charge in [-0.2, -0.15) is 5.10 Å². The maximum atomic E-state index is 4.64. The molecular weight excluding hydrogens is 246 g/mol. The van der Waals surface area contributed by atoms with Gasteiger partial charge in [-0.15, -0.1) is 0 Å². The molecule has 0 saturated heterocycles. The van der Waals surface area contributed by atoms with E-state index in [-0.39, 0.29) is 6.04 Å². The highest BCUT2D eigenvalue weighted by Gasteiger charge is 2.14. The van der Waals surface area contributed by atoms with Crippen LogP contribution in [0.4, 0.5) is 0 Å². The predicted octanol–water partition coefficient (Wildman–Crippen LogP) is 3.39. The van der Waals surface area contributed by atoms with Crippen molar-refractivity contribution >= 4 is 0 Å². The quantitative estimate of drug-likeness (QED) is 0.924. The second kappa shape index (κ2) is 5.80. The second-order valence-corrected chi connectivity index (χ2v) is 5.74. The van der Waals surface area contributed by atoms with Crippen molar-refractivity contribution < 1.29 is 0 Å². The van der Waals surface area contributed by atoms with Gasteiger partial charge in [0.25, 0.3) is 0 Å². The van der Waals surface area contributed by atoms with Gasteiger partial charge in [-0.25, -0.2) is 0 Å². The summed E-state index contributed by atoms with van der Waals surface area (Å²) in [6.45, 7) is 11.5. The lowest BCUT2D eigenvalue weighted by Gasteiger charge is -2.19. The van der Waals surface area contributed by atoms with Gasteiger partial charge < -0.3 is 5.32 Å². The lowest BCUT2D eigenvalue weighted by Crippen LogP contribution is -2.23. The van der Waals surface area contributed by atoms with Crippen molar-refractivity contribution in [3.63, 3.8) is 0 Å². The first-order chi connectivity index (χ1) is 9.42. The molecule has 0 aliphatic rings. The maximum Gasteiger partial charge on any atom is 0.0625 e. The van der Waals surface area contributed by atoms with E-state index in [9.17, 15) is 0 Å². The number of aromatic nitrogens is 2. The minimum atomic E-state index is 0.283. The summed E-state index contributed by atoms with van der Waals surface area (Å²) in [5, 5.41) is 8.06. The van der Waals surface area contributed by atoms with Crippen LogP contribution in [0.2, 0.25) is 0 Å². The molecule has 0 aliphatic carbocycles. The lowest BCUT2D eigenvalue weighted by atomic mass is 10.0. The number of nitrogens with one attached hydrogen (secondary N) is 1. The van der Waals surface area contributed by atoms with Gasteiger partial charge in [0.2, 0.25) is 0 Å². The Morgan fingerprint density at radius 2 is 1.65 bits per heavy atom. The molecule has 1 aromatic carbocycles. The number of hydrogen-bond donors (Lipinski definition) is 1. The van der Waals surface area contributed by atoms with Crippen LogP contribution >= 0.6 is 0 Å². The Hall–Kier alpha value is -1.61. The monoisotopic (exact) mass is 271 g/mol. The zero-order chi connectivity index (χ0) is 14.9. The molecule has 2 rings (SSSR count). The molecule has 20 heavy (non-hydrogen) atoms. The van der Waals surface area contributed by atoms with Crippen LogP contribution in [0, 0.1) is 34.6 Å². The topological polar surface area (TPSA) is 29.9 Å². The molecule has 1 heterocycles. The molecule has 1 aromatic heterocycles. The Bertz CT molecular complexity index is 591. The second-order valence-electron chi connectivity index (χ2n) is 5.74. The van der Waals surface area contributed by atoms with Crippen molar-refractivity contribution in [3.05, 3.63) is 51.8 Å². The summed E-state index contributed by atoms with van der Waals surface area (Å²) in [5.74, 6) is 0. The van der Waals surface area contributed by atoms with Crippen molar-refractivity contribution in [2.24, 2.45) is 0 Å². The zero-order valence-electron chi connectivity index (χ0n) is 13.4. The summed E-state index contributed by atoms with van der Waals surface area (Å²) in [4.78, 5) is 0. The normalized spacial score (nSPS) is 12.7. The fraction of sp³-hybridized carbons (Fsp3) is 0.471. The van der Waals surface area contributed by atoms with Crippen molar-refractivity contribution in [1.29, 1.82) is 0 Å². The minimum Gasteiger partial charge on any atom is -0.311 e. The third kappa shape index (κ3) is 2.93. The van der Waals surface area contributed by atoms with Crippen LogP contribution in [0.25, 0.3) is 0 Å². The number of hydrogen-bond acceptors (Lipinski definition) is 2. The zero-order valence-corrected chi connectivity index (χ0v) is 13.4. The highest BCUT2D eigenvalue weighted by atomic mass is 15.3. The van der Waals surface area contributed by atoms with Gasteiger partial charge in [-0.1, -0.05) is 29.3 Å². The summed E-state index contributed by atoms with van der Waals surface area (Å²) >= 11 is 0. The van der Waals surface area contributed by atoms with E-state index >= 15 is 0 Å². The van der Waals surface area contributed by atoms with Crippen LogP contribution in [0.1, 0.15) is 39.7 Å². The van der Waals surface area contributed by atoms with E-state index in [0.29, 0.717) is 0 Å². The van der Waals surface area contributed by atoms with Crippen LogP contribution in [0.15, 0.2) is 18.2 Å². The highest BCUT2D eigenvalue weighted by molar-refractivity contribution is 5.31. The molecule has 3 nitrogen and oxygen atoms in total. The molecule has 0 saturated carbocycles. The Morgan fingerprint density at radius 3 is 2.10 bits per heavy atom. The first kappa shape index (κ1) is 14.8. The molecule has 0 aliphatic heterocycles. The van der Waals surface area contributed by atoms with Gasteiger partial charge in [0, 0.05) is 5.69 Å². The standard InChI is InChI=1S/C17H25N3/c1-11-7-12(2)9-16(8-11)17(18-6)10-20-15(5)13(3)14(4)19-20/h7-9,17-18H,10H2,1-6H3. The molecule has 3 heteroatoms. The fourth-order valence-electron chi connectivity index (χ4n) is 2.71. The van der Waals surface area contributed by atoms with Gasteiger partial charge in [0.1, 0.15) is 0 Å². The Kier molecular flexibility index (Phi) is 4.29. The average Bonchev–Trinajstić information content (AvgIpc) is 2.62. The number of likely N-dealkylation sites (N-methyl/N-ethyl adjacent to an activating group) is 1. The fourth-order valence-corrected chi connectivity index (χ4v) is 2.71. The number of nitrogens with zero attached hydrogens (tertiary/aromatic N) is 2. The van der Waals surface area contributed by atoms with Gasteiger partial charge >= 0.3 is 0 Å². The molecule has 1 unspecified atom stereocenters. The molecule has 2 aromatic rings. The van der Waals surface area contributed by atoms with Crippen LogP contribution < -0.4 is 5.32 Å². The average molecular weight is 271 g/mol. The summed E-state index contributed by atoms with van der Waals surface area (Å²) in [6, 6.07) is 7.01. The van der Waals surface area contributed by atoms with Gasteiger partial charge in [0.05, 0.1) is 18.3 Å². The molecular formula is C17H25N3. The van der Waals surface area contributed by atoms with Crippen LogP contribution in [0.3, 0.4) is 0 Å². The predicted molar refractivity (Wildman–Crippen MR) is 84.2 cm³/mol. The number of rotatable bonds is 4. The molecule has 1 atom stereocenters. The molecule has 0 spiro atoms. The van der Waals surface area contributed by atoms with E-state index in [2.05, 4.69) is 67.9 Å². The number of benzene rings is 1. The molecule has 108 valence electrons. The minimum absolute atomic E-state index is 0.283. The van der Waals surface area contributed by atoms with E-state index in [1.807, 2.05) is 7.05 Å². The summed E-state index contributed by atoms with van der Waals surface area (Å²) in [6.07, 6.45) is 0. The van der Waals surface area contributed by atoms with E-state index in [0.717, 1.165) is 12.2 Å². The molecule has 0 fully saturated rings. The van der Waals surface area contributed by atoms with Gasteiger partial charge in [0.15, 0.2) is 0 Å². The van der Waals surface area contributed by atoms with E-state index in [1.165, 1.54) is 27.9 Å². The largest absolute Gasteiger partial charge is 0.311 e. The van der Waals surface area contributed by atoms with E-state index in [4.69, 9.17) is 0 Å². The van der Waals surface area contributed by atoms with Crippen molar-refractivity contribution in [2.75, 3.05) is 7.05 Å². The smallest absolute Gasteiger partial charge is 0.0625 e. The SMILES string of the molecule is CNC(Cn1nc(C)c(C)c1C)c1cc(C)cc(C)c1. The summed E-state index contributed by atoms with van der Waals surface area (Å²) < 4.78 is 2.11. The third-order valence-electron chi connectivity index (χ3n) is 4.09. The van der Waals surface area contributed by atoms with E-state index < -0.39 is 0 Å². The van der Waals surface area contributed by atoms with Gasteiger partial charge in [-0.05, 0) is 52.8 Å². The van der Waals surface area contributed by atoms with Crippen molar-refractivity contribution in [2.45, 2.75) is 47.2 Å². The maximum absolute atomic E-state index is 4.64. The molecule has 1 N–H and O–H groups in total. The van der Waals surface area contributed by atoms with Crippen LogP contribution in [-0.4, -0.2) is 16.8 Å². The van der Waals surface area contributed by atoms with Crippen LogP contribution in [-0.2, 0) is 6.54 Å². The molecule has 0 amide bonds. The summed E-state index contributed by atoms with van der Waals surface area (Å²) in [5.41, 5.74) is 7.62. The first-order valence-electron chi connectivity index (χ1n) is 7.18. The first-order valence-corrected chi connectivity index (χ1v) is 7.18. The summed E-state index contributed by atoms with van der Waals surface area (Å²) in [7, 11) is 2.01. The van der Waals surface area contributed by atoms with Crippen molar-refractivity contribution in [3.8, 4) is 0 Å². The Balaban J connectivity index is 2.31. The van der Waals surface area contributed by atoms with Crippen molar-refractivity contribution in [1.82, 2.24) is 15.1 Å². The van der Waals surface area contributed by atoms with Gasteiger partial charge in [-0.3, -0.25) is 4.68 Å². The lowest BCUT2D eigenvalue weighted by molar-refractivity contribution is 0.459. The molecule has 0 bridgehead atoms. The third-order valence-corrected chi connectivity index (χ3v) is 4.09. The molecule has 0 radical (unpaired) electrons. The highest BCUT2D eigenvalue weighted by Crippen LogP contribution is 2.20. The Morgan fingerprint density at radius 1 is 1.05 bits per heavy atom.